The summed E-state index contributed by atoms with van der Waals surface area (Å²) in [6.45, 7) is 9.55. The fourth-order valence-electron chi connectivity index (χ4n) is 1.97. The quantitative estimate of drug-likeness (QED) is 0.725. The molecular weight excluding hydrogens is 228 g/mol. The van der Waals surface area contributed by atoms with Crippen molar-refractivity contribution in [2.24, 2.45) is 5.73 Å². The van der Waals surface area contributed by atoms with Gasteiger partial charge in [-0.1, -0.05) is 32.3 Å². The molecule has 0 saturated heterocycles. The van der Waals surface area contributed by atoms with Crippen LogP contribution in [0.5, 0.6) is 0 Å². The third-order valence-corrected chi connectivity index (χ3v) is 3.15. The lowest BCUT2D eigenvalue weighted by Gasteiger charge is -2.16. The molecule has 2 N–H and O–H groups in total. The molecule has 0 aliphatic carbocycles. The van der Waals surface area contributed by atoms with Gasteiger partial charge in [0.25, 0.3) is 0 Å². The van der Waals surface area contributed by atoms with Gasteiger partial charge in [0.1, 0.15) is 0 Å². The number of hydrogen-bond donors (Lipinski definition) is 1. The molecule has 104 valence electrons. The summed E-state index contributed by atoms with van der Waals surface area (Å²) < 4.78 is 5.22. The van der Waals surface area contributed by atoms with Crippen LogP contribution >= 0.6 is 0 Å². The van der Waals surface area contributed by atoms with E-state index in [1.807, 2.05) is 0 Å². The van der Waals surface area contributed by atoms with Gasteiger partial charge in [-0.05, 0) is 19.5 Å². The molecule has 0 spiro atoms. The van der Waals surface area contributed by atoms with E-state index in [2.05, 4.69) is 35.8 Å². The molecule has 1 aromatic heterocycles. The van der Waals surface area contributed by atoms with Crippen LogP contribution in [-0.2, 0) is 12.8 Å². The first-order valence-corrected chi connectivity index (χ1v) is 6.98. The van der Waals surface area contributed by atoms with Crippen molar-refractivity contribution >= 4 is 0 Å². The molecule has 1 aromatic rings. The fraction of sp³-hybridized carbons (Fsp3) is 0.846. The highest BCUT2D eigenvalue weighted by Gasteiger charge is 2.11. The monoisotopic (exact) mass is 254 g/mol. The normalized spacial score (nSPS) is 13.2. The van der Waals surface area contributed by atoms with Crippen LogP contribution in [0.4, 0.5) is 0 Å². The van der Waals surface area contributed by atoms with Crippen molar-refractivity contribution in [3.8, 4) is 0 Å². The largest absolute Gasteiger partial charge is 0.339 e. The zero-order valence-corrected chi connectivity index (χ0v) is 11.9. The van der Waals surface area contributed by atoms with Crippen LogP contribution in [0.1, 0.15) is 45.3 Å². The molecule has 1 atom stereocenters. The van der Waals surface area contributed by atoms with E-state index >= 15 is 0 Å². The average Bonchev–Trinajstić information content (AvgIpc) is 2.78. The van der Waals surface area contributed by atoms with Gasteiger partial charge in [-0.2, -0.15) is 4.98 Å². The Morgan fingerprint density at radius 2 is 2.00 bits per heavy atom. The molecule has 0 saturated carbocycles. The second-order valence-electron chi connectivity index (χ2n) is 4.63. The zero-order valence-electron chi connectivity index (χ0n) is 11.9. The maximum atomic E-state index is 5.95. The van der Waals surface area contributed by atoms with Gasteiger partial charge in [-0.25, -0.2) is 0 Å². The molecular formula is C13H26N4O. The lowest BCUT2D eigenvalue weighted by molar-refractivity contribution is 0.302. The van der Waals surface area contributed by atoms with Gasteiger partial charge in [0.2, 0.25) is 5.89 Å². The van der Waals surface area contributed by atoms with Crippen LogP contribution in [0.2, 0.25) is 0 Å². The van der Waals surface area contributed by atoms with Crippen molar-refractivity contribution in [3.63, 3.8) is 0 Å². The van der Waals surface area contributed by atoms with E-state index in [4.69, 9.17) is 10.3 Å². The van der Waals surface area contributed by atoms with Gasteiger partial charge >= 0.3 is 0 Å². The summed E-state index contributed by atoms with van der Waals surface area (Å²) in [5.41, 5.74) is 5.95. The van der Waals surface area contributed by atoms with Crippen LogP contribution < -0.4 is 5.73 Å². The van der Waals surface area contributed by atoms with Crippen LogP contribution in [0, 0.1) is 0 Å². The van der Waals surface area contributed by atoms with E-state index in [1.54, 1.807) is 0 Å². The molecule has 18 heavy (non-hydrogen) atoms. The number of rotatable bonds is 9. The van der Waals surface area contributed by atoms with Gasteiger partial charge in [0.15, 0.2) is 5.82 Å². The van der Waals surface area contributed by atoms with Crippen molar-refractivity contribution in [1.29, 1.82) is 0 Å². The SMILES string of the molecule is CCCC(N)Cc1nc(CCN(CC)CC)no1. The molecule has 5 heteroatoms. The van der Waals surface area contributed by atoms with Crippen molar-refractivity contribution < 1.29 is 4.52 Å². The molecule has 0 fully saturated rings. The van der Waals surface area contributed by atoms with E-state index in [0.717, 1.165) is 44.7 Å². The zero-order chi connectivity index (χ0) is 13.4. The number of aromatic nitrogens is 2. The molecule has 0 radical (unpaired) electrons. The van der Waals surface area contributed by atoms with Gasteiger partial charge < -0.3 is 15.2 Å². The molecule has 1 rings (SSSR count). The first-order chi connectivity index (χ1) is 8.69. The maximum absolute atomic E-state index is 5.95. The summed E-state index contributed by atoms with van der Waals surface area (Å²) in [6, 6.07) is 0.131. The van der Waals surface area contributed by atoms with Crippen molar-refractivity contribution in [1.82, 2.24) is 15.0 Å². The Kier molecular flexibility index (Phi) is 6.90. The predicted molar refractivity (Wildman–Crippen MR) is 72.4 cm³/mol. The molecule has 5 nitrogen and oxygen atoms in total. The molecule has 1 unspecified atom stereocenters. The van der Waals surface area contributed by atoms with Crippen LogP contribution in [0.25, 0.3) is 0 Å². The Bertz CT molecular complexity index is 323. The molecule has 0 aromatic carbocycles. The highest BCUT2D eigenvalue weighted by Crippen LogP contribution is 2.05. The number of likely N-dealkylation sites (N-methyl/N-ethyl adjacent to an activating group) is 1. The highest BCUT2D eigenvalue weighted by molar-refractivity contribution is 4.89. The summed E-state index contributed by atoms with van der Waals surface area (Å²) in [4.78, 5) is 6.73. The van der Waals surface area contributed by atoms with Crippen molar-refractivity contribution in [3.05, 3.63) is 11.7 Å². The molecule has 1 heterocycles. The minimum Gasteiger partial charge on any atom is -0.339 e. The summed E-state index contributed by atoms with van der Waals surface area (Å²) in [7, 11) is 0. The second-order valence-corrected chi connectivity index (χ2v) is 4.63. The summed E-state index contributed by atoms with van der Waals surface area (Å²) in [6.07, 6.45) is 3.61. The Balaban J connectivity index is 2.38. The average molecular weight is 254 g/mol. The van der Waals surface area contributed by atoms with Gasteiger partial charge in [0, 0.05) is 25.4 Å². The molecule has 0 bridgehead atoms. The van der Waals surface area contributed by atoms with Gasteiger partial charge in [-0.15, -0.1) is 0 Å². The number of hydrogen-bond acceptors (Lipinski definition) is 5. The first-order valence-electron chi connectivity index (χ1n) is 6.98. The van der Waals surface area contributed by atoms with Crippen molar-refractivity contribution in [2.45, 2.75) is 52.5 Å². The van der Waals surface area contributed by atoms with Crippen LogP contribution in [0.15, 0.2) is 4.52 Å². The Labute approximate surface area is 110 Å². The smallest absolute Gasteiger partial charge is 0.228 e. The van der Waals surface area contributed by atoms with Crippen LogP contribution in [0.3, 0.4) is 0 Å². The summed E-state index contributed by atoms with van der Waals surface area (Å²) >= 11 is 0. The van der Waals surface area contributed by atoms with E-state index in [9.17, 15) is 0 Å². The van der Waals surface area contributed by atoms with Crippen molar-refractivity contribution in [2.75, 3.05) is 19.6 Å². The lowest BCUT2D eigenvalue weighted by atomic mass is 10.1. The fourth-order valence-corrected chi connectivity index (χ4v) is 1.97. The topological polar surface area (TPSA) is 68.2 Å². The van der Waals surface area contributed by atoms with Crippen LogP contribution in [-0.4, -0.2) is 40.7 Å². The Hall–Kier alpha value is -0.940. The summed E-state index contributed by atoms with van der Waals surface area (Å²) in [5.74, 6) is 1.46. The number of nitrogens with two attached hydrogens (primary N) is 1. The minimum absolute atomic E-state index is 0.131. The van der Waals surface area contributed by atoms with Gasteiger partial charge in [-0.3, -0.25) is 0 Å². The van der Waals surface area contributed by atoms with E-state index in [0.29, 0.717) is 12.3 Å². The second kappa shape index (κ2) is 8.21. The predicted octanol–water partition coefficient (Wildman–Crippen LogP) is 1.62. The molecule has 0 aliphatic rings. The minimum atomic E-state index is 0.131. The molecule has 0 aliphatic heterocycles. The van der Waals surface area contributed by atoms with Gasteiger partial charge in [0.05, 0.1) is 0 Å². The third-order valence-electron chi connectivity index (χ3n) is 3.15. The third kappa shape index (κ3) is 5.14. The maximum Gasteiger partial charge on any atom is 0.228 e. The molecule has 0 amide bonds. The standard InChI is InChI=1S/C13H26N4O/c1-4-7-11(14)10-13-15-12(16-18-13)8-9-17(5-2)6-3/h11H,4-10,14H2,1-3H3. The number of nitrogens with zero attached hydrogens (tertiary/aromatic N) is 3. The van der Waals surface area contributed by atoms with E-state index in [-0.39, 0.29) is 6.04 Å². The Morgan fingerprint density at radius 1 is 1.28 bits per heavy atom. The van der Waals surface area contributed by atoms with E-state index in [1.165, 1.54) is 0 Å². The highest BCUT2D eigenvalue weighted by atomic mass is 16.5. The summed E-state index contributed by atoms with van der Waals surface area (Å²) in [5, 5.41) is 4.00. The van der Waals surface area contributed by atoms with E-state index < -0.39 is 0 Å². The lowest BCUT2D eigenvalue weighted by Crippen LogP contribution is -2.25. The Morgan fingerprint density at radius 3 is 2.61 bits per heavy atom. The first kappa shape index (κ1) is 15.1.